The van der Waals surface area contributed by atoms with Gasteiger partial charge in [0.2, 0.25) is 0 Å². The molecule has 1 aliphatic carbocycles. The van der Waals surface area contributed by atoms with E-state index in [2.05, 4.69) is 10.2 Å². The molecule has 0 radical (unpaired) electrons. The summed E-state index contributed by atoms with van der Waals surface area (Å²) < 4.78 is 58.2. The molecule has 0 unspecified atom stereocenters. The number of nitrogens with one attached hydrogen (secondary N) is 1. The first kappa shape index (κ1) is 22.4. The second kappa shape index (κ2) is 8.63. The number of halogens is 2. The number of likely N-dealkylation sites (tertiary alicyclic amines) is 1. The highest BCUT2D eigenvalue weighted by atomic mass is 32.2. The second-order valence-electron chi connectivity index (χ2n) is 9.07. The van der Waals surface area contributed by atoms with E-state index in [9.17, 15) is 22.0 Å². The van der Waals surface area contributed by atoms with Gasteiger partial charge in [-0.1, -0.05) is 19.3 Å². The summed E-state index contributed by atoms with van der Waals surface area (Å²) in [7, 11) is -1.37. The number of carbonyl (C=O) groups excluding carboxylic acids is 1. The van der Waals surface area contributed by atoms with Crippen molar-refractivity contribution in [2.45, 2.75) is 49.0 Å². The van der Waals surface area contributed by atoms with E-state index in [0.29, 0.717) is 12.6 Å². The first-order valence-electron chi connectivity index (χ1n) is 10.7. The lowest BCUT2D eigenvalue weighted by atomic mass is 9.94. The minimum atomic E-state index is -3.36. The lowest BCUT2D eigenvalue weighted by Crippen LogP contribution is -2.71. The van der Waals surface area contributed by atoms with Gasteiger partial charge in [0.1, 0.15) is 5.60 Å². The first-order valence-corrected chi connectivity index (χ1v) is 12.5. The molecule has 0 bridgehead atoms. The molecule has 2 saturated heterocycles. The first-order chi connectivity index (χ1) is 14.7. The molecule has 1 aromatic rings. The summed E-state index contributed by atoms with van der Waals surface area (Å²) in [6.45, 7) is 0.876. The predicted octanol–water partition coefficient (Wildman–Crippen LogP) is 2.63. The monoisotopic (exact) mass is 457 g/mol. The number of sulfone groups is 1. The Kier molecular flexibility index (Phi) is 6.24. The van der Waals surface area contributed by atoms with Crippen molar-refractivity contribution in [2.75, 3.05) is 44.4 Å². The number of urea groups is 1. The van der Waals surface area contributed by atoms with Crippen molar-refractivity contribution in [3.63, 3.8) is 0 Å². The summed E-state index contributed by atoms with van der Waals surface area (Å²) in [5.41, 5.74) is -0.753. The quantitative estimate of drug-likeness (QED) is 0.752. The van der Waals surface area contributed by atoms with Crippen molar-refractivity contribution < 1.29 is 26.7 Å². The molecule has 3 aliphatic rings. The van der Waals surface area contributed by atoms with Gasteiger partial charge in [0.15, 0.2) is 21.5 Å². The van der Waals surface area contributed by atoms with Crippen molar-refractivity contribution in [1.29, 1.82) is 0 Å². The van der Waals surface area contributed by atoms with Crippen molar-refractivity contribution >= 4 is 21.6 Å². The minimum absolute atomic E-state index is 0.113. The van der Waals surface area contributed by atoms with Crippen LogP contribution in [-0.4, -0.2) is 80.2 Å². The predicted molar refractivity (Wildman–Crippen MR) is 113 cm³/mol. The van der Waals surface area contributed by atoms with E-state index in [4.69, 9.17) is 4.74 Å². The molecule has 0 aromatic heterocycles. The number of anilines is 1. The van der Waals surface area contributed by atoms with Crippen LogP contribution in [0.1, 0.15) is 32.1 Å². The Morgan fingerprint density at radius 2 is 1.94 bits per heavy atom. The fourth-order valence-electron chi connectivity index (χ4n) is 4.81. The fourth-order valence-corrected chi connectivity index (χ4v) is 6.78. The van der Waals surface area contributed by atoms with E-state index in [-0.39, 0.29) is 31.1 Å². The zero-order valence-corrected chi connectivity index (χ0v) is 18.5. The van der Waals surface area contributed by atoms with Crippen LogP contribution >= 0.6 is 0 Å². The highest BCUT2D eigenvalue weighted by molar-refractivity contribution is 7.92. The molecule has 1 N–H and O–H groups in total. The summed E-state index contributed by atoms with van der Waals surface area (Å²) in [5.74, 6) is -2.16. The largest absolute Gasteiger partial charge is 0.369 e. The third kappa shape index (κ3) is 4.85. The molecule has 1 spiro atoms. The maximum absolute atomic E-state index is 13.3. The fraction of sp³-hybridized carbons (Fsp3) is 0.667. The number of ether oxygens (including phenoxy) is 1. The van der Waals surface area contributed by atoms with Gasteiger partial charge in [-0.2, -0.15) is 0 Å². The third-order valence-corrected chi connectivity index (χ3v) is 8.88. The molecular weight excluding hydrogens is 428 g/mol. The van der Waals surface area contributed by atoms with Gasteiger partial charge in [-0.3, -0.25) is 0 Å². The van der Waals surface area contributed by atoms with Crippen molar-refractivity contribution in [2.24, 2.45) is 0 Å². The Morgan fingerprint density at radius 3 is 2.58 bits per heavy atom. The average Bonchev–Trinajstić information content (AvgIpc) is 2.70. The number of carbonyl (C=O) groups is 1. The van der Waals surface area contributed by atoms with E-state index in [0.717, 1.165) is 25.0 Å². The molecule has 4 rings (SSSR count). The minimum Gasteiger partial charge on any atom is -0.369 e. The maximum atomic E-state index is 13.3. The summed E-state index contributed by atoms with van der Waals surface area (Å²) >= 11 is 0. The normalized spacial score (nSPS) is 25.4. The van der Waals surface area contributed by atoms with E-state index in [1.165, 1.54) is 30.2 Å². The Morgan fingerprint density at radius 1 is 1.23 bits per heavy atom. The second-order valence-corrected chi connectivity index (χ2v) is 11.4. The standard InChI is InChI=1S/C21H29F2N3O4S/c1-25(16-5-3-2-4-6-16)10-17-11-30-21(14-31(17,28)29)12-26(13-21)20(27)24-15-7-8-18(22)19(23)9-15/h7-9,16-17H,2-6,10-14H2,1H3,(H,24,27)/t17-/m0/s1. The molecular formula is C21H29F2N3O4S. The van der Waals surface area contributed by atoms with Crippen LogP contribution in [0, 0.1) is 11.6 Å². The number of amides is 2. The zero-order chi connectivity index (χ0) is 22.2. The SMILES string of the molecule is CN(C[C@H]1COC2(CN(C(=O)Nc3ccc(F)c(F)c3)C2)CS1(=O)=O)C1CCCCC1. The lowest BCUT2D eigenvalue weighted by Gasteiger charge is -2.52. The van der Waals surface area contributed by atoms with Gasteiger partial charge in [-0.15, -0.1) is 0 Å². The number of rotatable bonds is 4. The summed E-state index contributed by atoms with van der Waals surface area (Å²) in [6, 6.07) is 3.03. The highest BCUT2D eigenvalue weighted by Crippen LogP contribution is 2.34. The van der Waals surface area contributed by atoms with Crippen LogP contribution in [0.2, 0.25) is 0 Å². The van der Waals surface area contributed by atoms with Gasteiger partial charge in [-0.25, -0.2) is 22.0 Å². The molecule has 31 heavy (non-hydrogen) atoms. The van der Waals surface area contributed by atoms with Crippen LogP contribution < -0.4 is 5.32 Å². The van der Waals surface area contributed by atoms with Crippen molar-refractivity contribution in [1.82, 2.24) is 9.80 Å². The Balaban J connectivity index is 1.30. The van der Waals surface area contributed by atoms with Gasteiger partial charge in [0, 0.05) is 24.3 Å². The number of nitrogens with zero attached hydrogens (tertiary/aromatic N) is 2. The zero-order valence-electron chi connectivity index (χ0n) is 17.6. The molecule has 2 aliphatic heterocycles. The van der Waals surface area contributed by atoms with Gasteiger partial charge < -0.3 is 19.9 Å². The topological polar surface area (TPSA) is 79.0 Å². The van der Waals surface area contributed by atoms with Gasteiger partial charge >= 0.3 is 6.03 Å². The summed E-state index contributed by atoms with van der Waals surface area (Å²) in [4.78, 5) is 15.9. The van der Waals surface area contributed by atoms with Crippen molar-refractivity contribution in [3.8, 4) is 0 Å². The van der Waals surface area contributed by atoms with Crippen LogP contribution in [-0.2, 0) is 14.6 Å². The van der Waals surface area contributed by atoms with Crippen LogP contribution in [0.5, 0.6) is 0 Å². The summed E-state index contributed by atoms with van der Waals surface area (Å²) in [6.07, 6.45) is 5.84. The van der Waals surface area contributed by atoms with Crippen LogP contribution in [0.4, 0.5) is 19.3 Å². The van der Waals surface area contributed by atoms with Gasteiger partial charge in [-0.05, 0) is 32.0 Å². The molecule has 2 heterocycles. The average molecular weight is 458 g/mol. The van der Waals surface area contributed by atoms with Crippen LogP contribution in [0.25, 0.3) is 0 Å². The number of benzene rings is 1. The molecule has 3 fully saturated rings. The van der Waals surface area contributed by atoms with Crippen molar-refractivity contribution in [3.05, 3.63) is 29.8 Å². The molecule has 172 valence electrons. The van der Waals surface area contributed by atoms with E-state index >= 15 is 0 Å². The molecule has 10 heteroatoms. The molecule has 7 nitrogen and oxygen atoms in total. The molecule has 1 aromatic carbocycles. The summed E-state index contributed by atoms with van der Waals surface area (Å²) in [5, 5.41) is 1.93. The number of hydrogen-bond acceptors (Lipinski definition) is 5. The smallest absolute Gasteiger partial charge is 0.322 e. The Bertz CT molecular complexity index is 931. The van der Waals surface area contributed by atoms with E-state index in [1.807, 2.05) is 7.05 Å². The molecule has 2 amide bonds. The molecule has 1 saturated carbocycles. The highest BCUT2D eigenvalue weighted by Gasteiger charge is 2.54. The van der Waals surface area contributed by atoms with Gasteiger partial charge in [0.25, 0.3) is 0 Å². The number of hydrogen-bond donors (Lipinski definition) is 1. The maximum Gasteiger partial charge on any atom is 0.322 e. The Hall–Kier alpha value is -1.78. The lowest BCUT2D eigenvalue weighted by molar-refractivity contribution is -0.117. The van der Waals surface area contributed by atoms with Crippen LogP contribution in [0.3, 0.4) is 0 Å². The van der Waals surface area contributed by atoms with E-state index in [1.54, 1.807) is 0 Å². The van der Waals surface area contributed by atoms with Gasteiger partial charge in [0.05, 0.1) is 30.7 Å². The van der Waals surface area contributed by atoms with Crippen LogP contribution in [0.15, 0.2) is 18.2 Å². The Labute approximate surface area is 181 Å². The van der Waals surface area contributed by atoms with E-state index < -0.39 is 38.4 Å². The molecule has 1 atom stereocenters. The third-order valence-electron chi connectivity index (χ3n) is 6.65.